The molecule has 120 valence electrons. The molecule has 0 spiro atoms. The summed E-state index contributed by atoms with van der Waals surface area (Å²) in [5, 5.41) is 19.1. The highest BCUT2D eigenvalue weighted by Gasteiger charge is 2.27. The third-order valence-electron chi connectivity index (χ3n) is 4.83. The molecule has 2 N–H and O–H groups in total. The molecule has 0 bridgehead atoms. The van der Waals surface area contributed by atoms with E-state index < -0.39 is 0 Å². The Morgan fingerprint density at radius 3 is 1.55 bits per heavy atom. The number of hydrogen-bond acceptors (Lipinski definition) is 2. The molecule has 0 saturated heterocycles. The number of rotatable bonds is 12. The van der Waals surface area contributed by atoms with Crippen molar-refractivity contribution in [2.45, 2.75) is 108 Å². The fourth-order valence-corrected chi connectivity index (χ4v) is 3.44. The predicted octanol–water partition coefficient (Wildman–Crippen LogP) is 4.97. The van der Waals surface area contributed by atoms with Gasteiger partial charge in [0.25, 0.3) is 0 Å². The summed E-state index contributed by atoms with van der Waals surface area (Å²) in [7, 11) is 0. The predicted molar refractivity (Wildman–Crippen MR) is 85.9 cm³/mol. The van der Waals surface area contributed by atoms with E-state index >= 15 is 0 Å². The molecule has 0 aromatic heterocycles. The van der Waals surface area contributed by atoms with Gasteiger partial charge in [0, 0.05) is 6.61 Å². The first-order valence-electron chi connectivity index (χ1n) is 9.10. The molecule has 0 amide bonds. The lowest BCUT2D eigenvalue weighted by Gasteiger charge is -2.32. The monoisotopic (exact) mass is 284 g/mol. The maximum absolute atomic E-state index is 10.4. The topological polar surface area (TPSA) is 40.5 Å². The van der Waals surface area contributed by atoms with Crippen LogP contribution in [0.25, 0.3) is 0 Å². The SMILES string of the molecule is OCCCCCCCCCCCCC1(O)CCCCC1. The van der Waals surface area contributed by atoms with Gasteiger partial charge in [0.15, 0.2) is 0 Å². The second kappa shape index (κ2) is 11.6. The second-order valence-electron chi connectivity index (χ2n) is 6.79. The Morgan fingerprint density at radius 1 is 0.600 bits per heavy atom. The standard InChI is InChI=1S/C18H36O2/c19-17-13-8-6-4-2-1-3-5-7-10-14-18(20)15-11-9-12-16-18/h19-20H,1-17H2. The minimum absolute atomic E-state index is 0.301. The molecule has 0 radical (unpaired) electrons. The molecule has 0 atom stereocenters. The van der Waals surface area contributed by atoms with Crippen molar-refractivity contribution in [3.05, 3.63) is 0 Å². The summed E-state index contributed by atoms with van der Waals surface area (Å²) in [6.07, 6.45) is 19.6. The Hall–Kier alpha value is -0.0800. The molecule has 1 aliphatic rings. The molecular weight excluding hydrogens is 248 g/mol. The van der Waals surface area contributed by atoms with Gasteiger partial charge in [-0.05, 0) is 25.7 Å². The zero-order valence-corrected chi connectivity index (χ0v) is 13.4. The van der Waals surface area contributed by atoms with E-state index in [1.165, 1.54) is 77.0 Å². The molecule has 0 aromatic carbocycles. The van der Waals surface area contributed by atoms with E-state index in [1.54, 1.807) is 0 Å². The van der Waals surface area contributed by atoms with Crippen molar-refractivity contribution in [1.29, 1.82) is 0 Å². The summed E-state index contributed by atoms with van der Waals surface area (Å²) in [5.41, 5.74) is -0.301. The van der Waals surface area contributed by atoms with Crippen molar-refractivity contribution in [3.8, 4) is 0 Å². The Morgan fingerprint density at radius 2 is 1.05 bits per heavy atom. The highest BCUT2D eigenvalue weighted by molar-refractivity contribution is 4.81. The van der Waals surface area contributed by atoms with Gasteiger partial charge in [-0.15, -0.1) is 0 Å². The number of aliphatic hydroxyl groups is 2. The van der Waals surface area contributed by atoms with Crippen molar-refractivity contribution in [3.63, 3.8) is 0 Å². The molecule has 2 heteroatoms. The molecule has 0 aromatic rings. The van der Waals surface area contributed by atoms with Gasteiger partial charge in [-0.3, -0.25) is 0 Å². The minimum Gasteiger partial charge on any atom is -0.396 e. The van der Waals surface area contributed by atoms with Gasteiger partial charge >= 0.3 is 0 Å². The molecule has 1 saturated carbocycles. The van der Waals surface area contributed by atoms with Crippen LogP contribution in [0.3, 0.4) is 0 Å². The Balaban J connectivity index is 1.80. The first-order chi connectivity index (χ1) is 9.77. The van der Waals surface area contributed by atoms with Gasteiger partial charge in [0.2, 0.25) is 0 Å². The van der Waals surface area contributed by atoms with Crippen LogP contribution in [0.1, 0.15) is 103 Å². The quantitative estimate of drug-likeness (QED) is 0.497. The maximum atomic E-state index is 10.4. The highest BCUT2D eigenvalue weighted by atomic mass is 16.3. The van der Waals surface area contributed by atoms with Crippen LogP contribution in [-0.2, 0) is 0 Å². The van der Waals surface area contributed by atoms with Gasteiger partial charge < -0.3 is 10.2 Å². The van der Waals surface area contributed by atoms with Gasteiger partial charge in [-0.1, -0.05) is 77.0 Å². The lowest BCUT2D eigenvalue weighted by molar-refractivity contribution is -0.00587. The summed E-state index contributed by atoms with van der Waals surface area (Å²) < 4.78 is 0. The van der Waals surface area contributed by atoms with Crippen LogP contribution in [0, 0.1) is 0 Å². The normalized spacial score (nSPS) is 18.3. The number of aliphatic hydroxyl groups excluding tert-OH is 1. The van der Waals surface area contributed by atoms with E-state index in [-0.39, 0.29) is 5.60 Å². The summed E-state index contributed by atoms with van der Waals surface area (Å²) in [4.78, 5) is 0. The van der Waals surface area contributed by atoms with Crippen molar-refractivity contribution >= 4 is 0 Å². The van der Waals surface area contributed by atoms with Crippen LogP contribution in [0.2, 0.25) is 0 Å². The molecular formula is C18H36O2. The lowest BCUT2D eigenvalue weighted by Crippen LogP contribution is -2.30. The first kappa shape index (κ1) is 18.0. The fraction of sp³-hybridized carbons (Fsp3) is 1.00. The van der Waals surface area contributed by atoms with Gasteiger partial charge in [0.1, 0.15) is 0 Å². The molecule has 20 heavy (non-hydrogen) atoms. The van der Waals surface area contributed by atoms with Crippen molar-refractivity contribution < 1.29 is 10.2 Å². The van der Waals surface area contributed by atoms with Crippen LogP contribution in [0.4, 0.5) is 0 Å². The third-order valence-corrected chi connectivity index (χ3v) is 4.83. The molecule has 1 rings (SSSR count). The molecule has 0 unspecified atom stereocenters. The average Bonchev–Trinajstić information content (AvgIpc) is 2.45. The first-order valence-corrected chi connectivity index (χ1v) is 9.10. The molecule has 0 heterocycles. The summed E-state index contributed by atoms with van der Waals surface area (Å²) in [6.45, 7) is 0.354. The van der Waals surface area contributed by atoms with Gasteiger partial charge in [-0.2, -0.15) is 0 Å². The van der Waals surface area contributed by atoms with Crippen molar-refractivity contribution in [2.24, 2.45) is 0 Å². The zero-order valence-electron chi connectivity index (χ0n) is 13.4. The van der Waals surface area contributed by atoms with Crippen molar-refractivity contribution in [1.82, 2.24) is 0 Å². The van der Waals surface area contributed by atoms with Crippen LogP contribution < -0.4 is 0 Å². The maximum Gasteiger partial charge on any atom is 0.0647 e. The average molecular weight is 284 g/mol. The van der Waals surface area contributed by atoms with Crippen molar-refractivity contribution in [2.75, 3.05) is 6.61 Å². The van der Waals surface area contributed by atoms with Gasteiger partial charge in [0.05, 0.1) is 5.60 Å². The zero-order chi connectivity index (χ0) is 14.5. The van der Waals surface area contributed by atoms with E-state index in [0.29, 0.717) is 6.61 Å². The largest absolute Gasteiger partial charge is 0.396 e. The van der Waals surface area contributed by atoms with E-state index in [1.807, 2.05) is 0 Å². The Kier molecular flexibility index (Phi) is 10.4. The third kappa shape index (κ3) is 8.97. The Bertz CT molecular complexity index is 209. The Labute approximate surface area is 126 Å². The van der Waals surface area contributed by atoms with Crippen LogP contribution in [0.15, 0.2) is 0 Å². The van der Waals surface area contributed by atoms with Gasteiger partial charge in [-0.25, -0.2) is 0 Å². The fourth-order valence-electron chi connectivity index (χ4n) is 3.44. The molecule has 0 aliphatic heterocycles. The molecule has 1 fully saturated rings. The van der Waals surface area contributed by atoms with E-state index in [0.717, 1.165) is 25.7 Å². The van der Waals surface area contributed by atoms with E-state index in [9.17, 15) is 5.11 Å². The summed E-state index contributed by atoms with van der Waals surface area (Å²) >= 11 is 0. The second-order valence-corrected chi connectivity index (χ2v) is 6.79. The van der Waals surface area contributed by atoms with Crippen LogP contribution >= 0.6 is 0 Å². The number of hydrogen-bond donors (Lipinski definition) is 2. The number of unbranched alkanes of at least 4 members (excludes halogenated alkanes) is 9. The summed E-state index contributed by atoms with van der Waals surface area (Å²) in [6, 6.07) is 0. The van der Waals surface area contributed by atoms with E-state index in [2.05, 4.69) is 0 Å². The van der Waals surface area contributed by atoms with Crippen LogP contribution in [0.5, 0.6) is 0 Å². The summed E-state index contributed by atoms with van der Waals surface area (Å²) in [5.74, 6) is 0. The van der Waals surface area contributed by atoms with E-state index in [4.69, 9.17) is 5.11 Å². The van der Waals surface area contributed by atoms with Crippen LogP contribution in [-0.4, -0.2) is 22.4 Å². The lowest BCUT2D eigenvalue weighted by atomic mass is 9.81. The molecule has 2 nitrogen and oxygen atoms in total. The minimum atomic E-state index is -0.301. The highest BCUT2D eigenvalue weighted by Crippen LogP contribution is 2.32. The molecule has 1 aliphatic carbocycles. The smallest absolute Gasteiger partial charge is 0.0647 e.